The highest BCUT2D eigenvalue weighted by Crippen LogP contribution is 2.40. The Morgan fingerprint density at radius 3 is 2.79 bits per heavy atom. The van der Waals surface area contributed by atoms with Gasteiger partial charge in [-0.05, 0) is 56.0 Å². The molecular formula is C19H17F2N3O2S2. The molecule has 146 valence electrons. The fraction of sp³-hybridized carbons (Fsp3) is 0.316. The molecule has 0 spiro atoms. The van der Waals surface area contributed by atoms with Crippen LogP contribution in [0.1, 0.15) is 23.8 Å². The number of anilines is 1. The number of thioether (sulfide) groups is 1. The van der Waals surface area contributed by atoms with Crippen molar-refractivity contribution < 1.29 is 18.3 Å². The Balaban J connectivity index is 1.46. The van der Waals surface area contributed by atoms with E-state index in [1.54, 1.807) is 17.7 Å². The fourth-order valence-corrected chi connectivity index (χ4v) is 5.41. The van der Waals surface area contributed by atoms with Crippen LogP contribution in [0, 0.1) is 0 Å². The molecule has 1 unspecified atom stereocenters. The Morgan fingerprint density at radius 2 is 2.04 bits per heavy atom. The zero-order valence-corrected chi connectivity index (χ0v) is 16.6. The summed E-state index contributed by atoms with van der Waals surface area (Å²) in [5, 5.41) is 4.32. The molecule has 5 nitrogen and oxygen atoms in total. The molecule has 0 fully saturated rings. The number of nitrogens with one attached hydrogen (secondary N) is 1. The number of alkyl halides is 2. The van der Waals surface area contributed by atoms with E-state index in [0.717, 1.165) is 34.5 Å². The summed E-state index contributed by atoms with van der Waals surface area (Å²) in [7, 11) is 0. The zero-order valence-electron chi connectivity index (χ0n) is 14.9. The maximum absolute atomic E-state index is 12.6. The van der Waals surface area contributed by atoms with Crippen LogP contribution in [0.25, 0.3) is 10.2 Å². The van der Waals surface area contributed by atoms with E-state index in [1.165, 1.54) is 46.5 Å². The van der Waals surface area contributed by atoms with Gasteiger partial charge in [0.1, 0.15) is 21.9 Å². The van der Waals surface area contributed by atoms with Crippen LogP contribution in [-0.2, 0) is 17.6 Å². The number of carbonyl (C=O) groups excluding carboxylic acids is 1. The third-order valence-corrected chi connectivity index (χ3v) is 6.77. The molecule has 1 aromatic carbocycles. The van der Waals surface area contributed by atoms with E-state index >= 15 is 0 Å². The van der Waals surface area contributed by atoms with Crippen LogP contribution in [0.2, 0.25) is 0 Å². The topological polar surface area (TPSA) is 64.1 Å². The van der Waals surface area contributed by atoms with Crippen LogP contribution in [0.15, 0.2) is 35.6 Å². The van der Waals surface area contributed by atoms with Gasteiger partial charge in [-0.3, -0.25) is 4.79 Å². The van der Waals surface area contributed by atoms with Gasteiger partial charge < -0.3 is 10.1 Å². The number of aryl methyl sites for hydroxylation is 2. The van der Waals surface area contributed by atoms with Crippen molar-refractivity contribution in [2.45, 2.75) is 43.1 Å². The Bertz CT molecular complexity index is 1010. The molecule has 2 aromatic heterocycles. The SMILES string of the molecule is CC(Sc1ncnc2sc3c(c12)CCC3)C(=O)Nc1ccc(OC(F)F)cc1. The number of rotatable bonds is 6. The van der Waals surface area contributed by atoms with E-state index < -0.39 is 6.61 Å². The molecule has 0 saturated carbocycles. The Kier molecular flexibility index (Phi) is 5.45. The molecule has 2 heterocycles. The van der Waals surface area contributed by atoms with Crippen LogP contribution >= 0.6 is 23.1 Å². The summed E-state index contributed by atoms with van der Waals surface area (Å²) < 4.78 is 28.7. The summed E-state index contributed by atoms with van der Waals surface area (Å²) in [5.74, 6) is -0.142. The van der Waals surface area contributed by atoms with Crippen molar-refractivity contribution in [3.8, 4) is 5.75 Å². The molecule has 1 amide bonds. The number of nitrogens with zero attached hydrogens (tertiary/aromatic N) is 2. The molecule has 9 heteroatoms. The average Bonchev–Trinajstić information content (AvgIpc) is 3.24. The summed E-state index contributed by atoms with van der Waals surface area (Å²) in [6.45, 7) is -1.06. The first-order chi connectivity index (χ1) is 13.5. The van der Waals surface area contributed by atoms with E-state index in [1.807, 2.05) is 6.92 Å². The van der Waals surface area contributed by atoms with E-state index in [0.29, 0.717) is 5.69 Å². The largest absolute Gasteiger partial charge is 0.435 e. The van der Waals surface area contributed by atoms with Crippen molar-refractivity contribution in [3.63, 3.8) is 0 Å². The number of thiophene rings is 1. The lowest BCUT2D eigenvalue weighted by Crippen LogP contribution is -2.22. The van der Waals surface area contributed by atoms with Gasteiger partial charge in [0.2, 0.25) is 5.91 Å². The van der Waals surface area contributed by atoms with Crippen molar-refractivity contribution in [2.24, 2.45) is 0 Å². The number of carbonyl (C=O) groups is 1. The number of ether oxygens (including phenoxy) is 1. The third kappa shape index (κ3) is 3.95. The fourth-order valence-electron chi connectivity index (χ4n) is 3.17. The first-order valence-corrected chi connectivity index (χ1v) is 10.5. The lowest BCUT2D eigenvalue weighted by molar-refractivity contribution is -0.115. The van der Waals surface area contributed by atoms with Crippen molar-refractivity contribution in [2.75, 3.05) is 5.32 Å². The van der Waals surface area contributed by atoms with E-state index in [9.17, 15) is 13.6 Å². The summed E-state index contributed by atoms with van der Waals surface area (Å²) in [4.78, 5) is 23.7. The minimum absolute atomic E-state index is 0.0464. The predicted molar refractivity (Wildman–Crippen MR) is 106 cm³/mol. The molecule has 1 aliphatic rings. The van der Waals surface area contributed by atoms with Gasteiger partial charge in [-0.25, -0.2) is 9.97 Å². The van der Waals surface area contributed by atoms with E-state index in [4.69, 9.17) is 0 Å². The van der Waals surface area contributed by atoms with Gasteiger partial charge in [0.25, 0.3) is 0 Å². The second kappa shape index (κ2) is 8.00. The lowest BCUT2D eigenvalue weighted by atomic mass is 10.2. The number of hydrogen-bond donors (Lipinski definition) is 1. The zero-order chi connectivity index (χ0) is 19.7. The summed E-state index contributed by atoms with van der Waals surface area (Å²) in [6, 6.07) is 5.84. The van der Waals surface area contributed by atoms with Gasteiger partial charge in [-0.1, -0.05) is 11.8 Å². The first kappa shape index (κ1) is 19.1. The molecule has 1 aliphatic carbocycles. The normalized spacial score (nSPS) is 14.3. The molecule has 4 rings (SSSR count). The molecule has 28 heavy (non-hydrogen) atoms. The van der Waals surface area contributed by atoms with Crippen LogP contribution in [0.3, 0.4) is 0 Å². The summed E-state index contributed by atoms with van der Waals surface area (Å²) >= 11 is 3.12. The average molecular weight is 421 g/mol. The minimum atomic E-state index is -2.87. The second-order valence-corrected chi connectivity index (χ2v) is 8.78. The summed E-state index contributed by atoms with van der Waals surface area (Å²) in [6.07, 6.45) is 4.81. The highest BCUT2D eigenvalue weighted by molar-refractivity contribution is 8.00. The Morgan fingerprint density at radius 1 is 1.25 bits per heavy atom. The van der Waals surface area contributed by atoms with Gasteiger partial charge >= 0.3 is 6.61 Å². The van der Waals surface area contributed by atoms with Gasteiger partial charge in [0, 0.05) is 16.0 Å². The van der Waals surface area contributed by atoms with Gasteiger partial charge in [-0.15, -0.1) is 11.3 Å². The van der Waals surface area contributed by atoms with Crippen molar-refractivity contribution in [3.05, 3.63) is 41.0 Å². The van der Waals surface area contributed by atoms with Crippen LogP contribution < -0.4 is 10.1 Å². The van der Waals surface area contributed by atoms with Gasteiger partial charge in [0.15, 0.2) is 0 Å². The number of hydrogen-bond acceptors (Lipinski definition) is 6. The number of aromatic nitrogens is 2. The lowest BCUT2D eigenvalue weighted by Gasteiger charge is -2.13. The number of benzene rings is 1. The first-order valence-electron chi connectivity index (χ1n) is 8.79. The van der Waals surface area contributed by atoms with Crippen molar-refractivity contribution in [1.82, 2.24) is 9.97 Å². The quantitative estimate of drug-likeness (QED) is 0.453. The van der Waals surface area contributed by atoms with Gasteiger partial charge in [-0.2, -0.15) is 8.78 Å². The molecular weight excluding hydrogens is 404 g/mol. The smallest absolute Gasteiger partial charge is 0.387 e. The highest BCUT2D eigenvalue weighted by atomic mass is 32.2. The van der Waals surface area contributed by atoms with Crippen molar-refractivity contribution >= 4 is 44.9 Å². The molecule has 0 bridgehead atoms. The maximum Gasteiger partial charge on any atom is 0.387 e. The molecule has 0 saturated heterocycles. The second-order valence-electron chi connectivity index (χ2n) is 6.37. The minimum Gasteiger partial charge on any atom is -0.435 e. The third-order valence-electron chi connectivity index (χ3n) is 4.47. The van der Waals surface area contributed by atoms with Crippen LogP contribution in [0.4, 0.5) is 14.5 Å². The number of fused-ring (bicyclic) bond motifs is 3. The summed E-state index contributed by atoms with van der Waals surface area (Å²) in [5.41, 5.74) is 1.84. The van der Waals surface area contributed by atoms with E-state index in [-0.39, 0.29) is 16.9 Å². The monoisotopic (exact) mass is 421 g/mol. The number of halogens is 2. The molecule has 0 aliphatic heterocycles. The molecule has 0 radical (unpaired) electrons. The van der Waals surface area contributed by atoms with Crippen molar-refractivity contribution in [1.29, 1.82) is 0 Å². The highest BCUT2D eigenvalue weighted by Gasteiger charge is 2.24. The molecule has 1 N–H and O–H groups in total. The predicted octanol–water partition coefficient (Wildman–Crippen LogP) is 4.90. The van der Waals surface area contributed by atoms with Crippen LogP contribution in [0.5, 0.6) is 5.75 Å². The van der Waals surface area contributed by atoms with E-state index in [2.05, 4.69) is 20.0 Å². The Hall–Kier alpha value is -2.26. The van der Waals surface area contributed by atoms with Gasteiger partial charge in [0.05, 0.1) is 5.25 Å². The number of amides is 1. The Labute approximate surface area is 168 Å². The standard InChI is InChI=1S/C19H17F2N3O2S2/c1-10(16(25)24-11-5-7-12(8-6-11)26-19(20)21)27-17-15-13-3-2-4-14(13)28-18(15)23-9-22-17/h5-10,19H,2-4H2,1H3,(H,24,25). The molecule has 3 aromatic rings. The molecule has 1 atom stereocenters. The van der Waals surface area contributed by atoms with Crippen LogP contribution in [-0.4, -0.2) is 27.7 Å². The maximum atomic E-state index is 12.6.